The largest absolute Gasteiger partial charge is 0.480 e. The predicted octanol–water partition coefficient (Wildman–Crippen LogP) is 3.84. The number of nitrogens with zero attached hydrogens (tertiary/aromatic N) is 3. The first-order valence-electron chi connectivity index (χ1n) is 13.2. The molecule has 2 aliphatic rings. The molecule has 1 spiro atoms. The van der Waals surface area contributed by atoms with Crippen LogP contribution in [0.15, 0.2) is 59.5 Å². The lowest BCUT2D eigenvalue weighted by molar-refractivity contribution is -0.198. The molecule has 0 bridgehead atoms. The molecule has 14 heteroatoms. The lowest BCUT2D eigenvalue weighted by Gasteiger charge is -2.39. The van der Waals surface area contributed by atoms with Crippen LogP contribution in [0.1, 0.15) is 30.9 Å². The van der Waals surface area contributed by atoms with Gasteiger partial charge >= 0.3 is 12.1 Å². The number of aliphatic carboxylic acids is 1. The summed E-state index contributed by atoms with van der Waals surface area (Å²) in [6.45, 7) is 1.57. The Morgan fingerprint density at radius 1 is 1.14 bits per heavy atom. The van der Waals surface area contributed by atoms with Crippen molar-refractivity contribution in [3.05, 3.63) is 60.2 Å². The van der Waals surface area contributed by atoms with Gasteiger partial charge in [0.25, 0.3) is 0 Å². The average molecular weight is 606 g/mol. The lowest BCUT2D eigenvalue weighted by atomic mass is 9.76. The number of alkyl halides is 3. The number of nitrogen functional groups attached to an aromatic ring is 1. The Morgan fingerprint density at radius 3 is 2.43 bits per heavy atom. The van der Waals surface area contributed by atoms with Crippen molar-refractivity contribution in [2.45, 2.75) is 42.5 Å². The molecule has 3 aromatic rings. The molecule has 2 fully saturated rings. The van der Waals surface area contributed by atoms with Gasteiger partial charge in [0.1, 0.15) is 11.9 Å². The van der Waals surface area contributed by atoms with E-state index < -0.39 is 34.1 Å². The van der Waals surface area contributed by atoms with E-state index in [1.165, 1.54) is 12.1 Å². The van der Waals surface area contributed by atoms with Gasteiger partial charge in [-0.2, -0.15) is 23.1 Å². The molecule has 2 aliphatic heterocycles. The van der Waals surface area contributed by atoms with E-state index in [0.717, 1.165) is 18.4 Å². The topological polar surface area (TPSA) is 148 Å². The SMILES string of the molecule is CS(=O)(=O)c1ccc(C(Oc2cc(N3CCC4(CC3)CNC(C(=O)O)C4)nc(N)n2)C(F)(F)F)c(-c2ccccc2)c1. The number of hydrogen-bond acceptors (Lipinski definition) is 9. The first-order valence-corrected chi connectivity index (χ1v) is 15.1. The molecule has 2 aromatic carbocycles. The molecule has 5 rings (SSSR count). The fourth-order valence-electron chi connectivity index (χ4n) is 5.63. The highest BCUT2D eigenvalue weighted by atomic mass is 32.2. The maximum Gasteiger partial charge on any atom is 0.429 e. The molecule has 2 unspecified atom stereocenters. The summed E-state index contributed by atoms with van der Waals surface area (Å²) in [5.74, 6) is -1.25. The van der Waals surface area contributed by atoms with Gasteiger partial charge in [-0.1, -0.05) is 36.4 Å². The Morgan fingerprint density at radius 2 is 1.83 bits per heavy atom. The number of halogens is 3. The summed E-state index contributed by atoms with van der Waals surface area (Å²) in [4.78, 5) is 21.3. The molecule has 0 aliphatic carbocycles. The highest BCUT2D eigenvalue weighted by molar-refractivity contribution is 7.90. The first kappa shape index (κ1) is 29.6. The summed E-state index contributed by atoms with van der Waals surface area (Å²) in [6.07, 6.45) is -4.57. The third kappa shape index (κ3) is 6.28. The number of hydrogen-bond donors (Lipinski definition) is 3. The van der Waals surface area contributed by atoms with Gasteiger partial charge in [0.2, 0.25) is 17.9 Å². The van der Waals surface area contributed by atoms with Crippen LogP contribution in [0.3, 0.4) is 0 Å². The van der Waals surface area contributed by atoms with Crippen molar-refractivity contribution in [2.24, 2.45) is 5.41 Å². The van der Waals surface area contributed by atoms with Gasteiger partial charge in [-0.05, 0) is 47.9 Å². The Hall–Kier alpha value is -3.91. The molecule has 42 heavy (non-hydrogen) atoms. The van der Waals surface area contributed by atoms with Crippen LogP contribution in [0.5, 0.6) is 5.88 Å². The second-order valence-electron chi connectivity index (χ2n) is 10.8. The van der Waals surface area contributed by atoms with Gasteiger partial charge < -0.3 is 25.8 Å². The highest BCUT2D eigenvalue weighted by Crippen LogP contribution is 2.43. The van der Waals surface area contributed by atoms with Crippen LogP contribution in [-0.4, -0.2) is 67.6 Å². The van der Waals surface area contributed by atoms with E-state index in [9.17, 15) is 31.5 Å². The molecular formula is C28H30F3N5O5S. The smallest absolute Gasteiger partial charge is 0.429 e. The Kier molecular flexibility index (Phi) is 7.79. The van der Waals surface area contributed by atoms with Crippen molar-refractivity contribution in [1.29, 1.82) is 0 Å². The number of benzene rings is 2. The van der Waals surface area contributed by atoms with Crippen LogP contribution >= 0.6 is 0 Å². The summed E-state index contributed by atoms with van der Waals surface area (Å²) in [6, 6.07) is 12.3. The van der Waals surface area contributed by atoms with Crippen LogP contribution in [0.2, 0.25) is 0 Å². The van der Waals surface area contributed by atoms with Gasteiger partial charge in [0.05, 0.1) is 4.90 Å². The maximum atomic E-state index is 14.6. The molecule has 224 valence electrons. The van der Waals surface area contributed by atoms with Crippen LogP contribution < -0.4 is 20.7 Å². The van der Waals surface area contributed by atoms with E-state index in [2.05, 4.69) is 15.3 Å². The van der Waals surface area contributed by atoms with Crippen LogP contribution in [0.25, 0.3) is 11.1 Å². The second-order valence-corrected chi connectivity index (χ2v) is 12.8. The Balaban J connectivity index is 1.44. The average Bonchev–Trinajstić information content (AvgIpc) is 3.35. The van der Waals surface area contributed by atoms with Crippen LogP contribution in [0, 0.1) is 5.41 Å². The van der Waals surface area contributed by atoms with E-state index >= 15 is 0 Å². The monoisotopic (exact) mass is 605 g/mol. The zero-order chi connectivity index (χ0) is 30.3. The van der Waals surface area contributed by atoms with Gasteiger partial charge in [0.15, 0.2) is 9.84 Å². The minimum absolute atomic E-state index is 0.0502. The molecule has 2 atom stereocenters. The number of carboxylic acid groups (broad SMARTS) is 1. The summed E-state index contributed by atoms with van der Waals surface area (Å²) in [7, 11) is -3.71. The first-order chi connectivity index (χ1) is 19.7. The van der Waals surface area contributed by atoms with Crippen molar-refractivity contribution >= 4 is 27.6 Å². The molecule has 0 amide bonds. The highest BCUT2D eigenvalue weighted by Gasteiger charge is 2.46. The zero-order valence-electron chi connectivity index (χ0n) is 22.6. The van der Waals surface area contributed by atoms with Crippen molar-refractivity contribution in [3.63, 3.8) is 0 Å². The molecule has 1 aromatic heterocycles. The van der Waals surface area contributed by atoms with E-state index in [1.807, 2.05) is 4.90 Å². The lowest BCUT2D eigenvalue weighted by Crippen LogP contribution is -2.41. The quantitative estimate of drug-likeness (QED) is 0.363. The normalized spacial score (nSPS) is 19.5. The predicted molar refractivity (Wildman–Crippen MR) is 149 cm³/mol. The molecule has 0 saturated carbocycles. The van der Waals surface area contributed by atoms with E-state index in [-0.39, 0.29) is 33.3 Å². The summed E-state index contributed by atoms with van der Waals surface area (Å²) < 4.78 is 73.6. The molecule has 10 nitrogen and oxygen atoms in total. The van der Waals surface area contributed by atoms with Crippen molar-refractivity contribution in [3.8, 4) is 17.0 Å². The van der Waals surface area contributed by atoms with Crippen molar-refractivity contribution in [2.75, 3.05) is 36.5 Å². The number of anilines is 2. The Labute approximate surface area is 240 Å². The molecule has 2 saturated heterocycles. The van der Waals surface area contributed by atoms with Gasteiger partial charge in [0, 0.05) is 37.5 Å². The molecule has 0 radical (unpaired) electrons. The van der Waals surface area contributed by atoms with Crippen LogP contribution in [-0.2, 0) is 14.6 Å². The number of piperidine rings is 1. The fraction of sp³-hybridized carbons (Fsp3) is 0.393. The van der Waals surface area contributed by atoms with Gasteiger partial charge in [-0.25, -0.2) is 8.42 Å². The summed E-state index contributed by atoms with van der Waals surface area (Å²) >= 11 is 0. The standard InChI is InChI=1S/C28H30F3N5O5S/c1-42(39,40)18-7-8-19(20(13-18)17-5-3-2-4-6-17)24(28(29,30)31)41-23-14-22(34-26(32)35-23)36-11-9-27(10-12-36)15-21(25(37)38)33-16-27/h2-8,13-14,21,24,33H,9-12,15-16H2,1H3,(H,37,38)(H2,32,34,35). The Bertz CT molecular complexity index is 1580. The zero-order valence-corrected chi connectivity index (χ0v) is 23.5. The van der Waals surface area contributed by atoms with E-state index in [4.69, 9.17) is 10.5 Å². The second kappa shape index (κ2) is 11.1. The number of sulfone groups is 1. The number of ether oxygens (including phenoxy) is 1. The third-order valence-electron chi connectivity index (χ3n) is 7.87. The molecule has 3 heterocycles. The number of carboxylic acids is 1. The minimum atomic E-state index is -4.90. The van der Waals surface area contributed by atoms with E-state index in [0.29, 0.717) is 50.3 Å². The van der Waals surface area contributed by atoms with Crippen molar-refractivity contribution < 1.29 is 36.2 Å². The third-order valence-corrected chi connectivity index (χ3v) is 8.98. The summed E-state index contributed by atoms with van der Waals surface area (Å²) in [5.41, 5.74) is 5.86. The van der Waals surface area contributed by atoms with Crippen molar-refractivity contribution in [1.82, 2.24) is 15.3 Å². The van der Waals surface area contributed by atoms with Crippen LogP contribution in [0.4, 0.5) is 24.9 Å². The number of carbonyl (C=O) groups is 1. The number of rotatable bonds is 7. The minimum Gasteiger partial charge on any atom is -0.480 e. The molecule has 4 N–H and O–H groups in total. The summed E-state index contributed by atoms with van der Waals surface area (Å²) in [5, 5.41) is 12.4. The van der Waals surface area contributed by atoms with Gasteiger partial charge in [-0.15, -0.1) is 0 Å². The number of nitrogens with one attached hydrogen (secondary N) is 1. The van der Waals surface area contributed by atoms with Gasteiger partial charge in [-0.3, -0.25) is 4.79 Å². The fourth-order valence-corrected chi connectivity index (χ4v) is 6.27. The van der Waals surface area contributed by atoms with E-state index in [1.54, 1.807) is 30.3 Å². The maximum absolute atomic E-state index is 14.6. The number of nitrogens with two attached hydrogens (primary N) is 1. The number of aromatic nitrogens is 2. The molecular weight excluding hydrogens is 575 g/mol.